The van der Waals surface area contributed by atoms with E-state index in [0.717, 1.165) is 41.4 Å². The monoisotopic (exact) mass is 446 g/mol. The average Bonchev–Trinajstić information content (AvgIpc) is 3.11. The van der Waals surface area contributed by atoms with Gasteiger partial charge in [-0.3, -0.25) is 9.59 Å². The second kappa shape index (κ2) is 9.40. The quantitative estimate of drug-likeness (QED) is 0.436. The molecule has 1 aromatic heterocycles. The predicted octanol–water partition coefficient (Wildman–Crippen LogP) is 4.19. The molecule has 6 nitrogen and oxygen atoms in total. The van der Waals surface area contributed by atoms with Crippen LogP contribution in [0.3, 0.4) is 0 Å². The first-order valence-corrected chi connectivity index (χ1v) is 11.0. The number of benzene rings is 2. The van der Waals surface area contributed by atoms with Gasteiger partial charge in [0, 0.05) is 54.8 Å². The highest BCUT2D eigenvalue weighted by Crippen LogP contribution is 2.21. The number of ketones is 1. The summed E-state index contributed by atoms with van der Waals surface area (Å²) in [5.74, 6) is -0.272. The van der Waals surface area contributed by atoms with E-state index in [2.05, 4.69) is 10.00 Å². The molecule has 0 bridgehead atoms. The summed E-state index contributed by atoms with van der Waals surface area (Å²) in [6.45, 7) is 8.12. The molecule has 0 spiro atoms. The molecule has 0 atom stereocenters. The van der Waals surface area contributed by atoms with Crippen LogP contribution in [-0.4, -0.2) is 52.5 Å². The summed E-state index contributed by atoms with van der Waals surface area (Å²) in [5.41, 5.74) is 5.11. The van der Waals surface area contributed by atoms with E-state index in [0.29, 0.717) is 18.7 Å². The smallest absolute Gasteiger partial charge is 0.246 e. The van der Waals surface area contributed by atoms with Crippen molar-refractivity contribution in [1.82, 2.24) is 14.7 Å². The van der Waals surface area contributed by atoms with Crippen LogP contribution in [0.15, 0.2) is 54.6 Å². The minimum absolute atomic E-state index is 0.0325. The lowest BCUT2D eigenvalue weighted by Gasteiger charge is -2.35. The molecular formula is C26H27FN4O2. The topological polar surface area (TPSA) is 58.4 Å². The number of aryl methyl sites for hydroxylation is 1. The first kappa shape index (κ1) is 22.5. The third-order valence-corrected chi connectivity index (χ3v) is 6.04. The number of anilines is 1. The molecule has 3 aromatic rings. The number of hydrogen-bond acceptors (Lipinski definition) is 4. The highest BCUT2D eigenvalue weighted by Gasteiger charge is 2.20. The number of amides is 1. The number of aromatic nitrogens is 2. The molecule has 1 aliphatic heterocycles. The number of piperazine rings is 1. The molecule has 4 rings (SSSR count). The van der Waals surface area contributed by atoms with Gasteiger partial charge in [0.2, 0.25) is 5.91 Å². The van der Waals surface area contributed by atoms with Gasteiger partial charge in [-0.25, -0.2) is 9.07 Å². The zero-order chi connectivity index (χ0) is 23.5. The standard InChI is InChI=1S/C26H27FN4O2/c1-18-25(19(2)31(28-18)24-10-6-22(27)7-11-24)12-13-26(33)30-16-14-29(15-17-30)23-8-4-21(5-9-23)20(3)32/h4-13H,14-17H2,1-3H3/b13-12+. The fraction of sp³-hybridized carbons (Fsp3) is 0.269. The van der Waals surface area contributed by atoms with Crippen molar-refractivity contribution in [3.8, 4) is 5.69 Å². The zero-order valence-corrected chi connectivity index (χ0v) is 19.1. The molecule has 1 saturated heterocycles. The van der Waals surface area contributed by atoms with Crippen molar-refractivity contribution in [3.63, 3.8) is 0 Å². The van der Waals surface area contributed by atoms with E-state index in [-0.39, 0.29) is 17.5 Å². The van der Waals surface area contributed by atoms with E-state index in [4.69, 9.17) is 0 Å². The van der Waals surface area contributed by atoms with E-state index in [1.54, 1.807) is 29.8 Å². The lowest BCUT2D eigenvalue weighted by molar-refractivity contribution is -0.126. The van der Waals surface area contributed by atoms with Crippen molar-refractivity contribution in [1.29, 1.82) is 0 Å². The van der Waals surface area contributed by atoms with Crippen LogP contribution < -0.4 is 4.90 Å². The number of Topliss-reactive ketones (excluding diaryl/α,β-unsaturated/α-hetero) is 1. The highest BCUT2D eigenvalue weighted by molar-refractivity contribution is 5.94. The minimum Gasteiger partial charge on any atom is -0.368 e. The Bertz CT molecular complexity index is 1190. The number of rotatable bonds is 5. The van der Waals surface area contributed by atoms with Gasteiger partial charge >= 0.3 is 0 Å². The first-order valence-electron chi connectivity index (χ1n) is 11.0. The second-order valence-corrected chi connectivity index (χ2v) is 8.22. The van der Waals surface area contributed by atoms with Gasteiger partial charge in [0.15, 0.2) is 5.78 Å². The number of nitrogens with zero attached hydrogens (tertiary/aromatic N) is 4. The first-order chi connectivity index (χ1) is 15.8. The van der Waals surface area contributed by atoms with Crippen LogP contribution in [0.5, 0.6) is 0 Å². The molecule has 0 N–H and O–H groups in total. The van der Waals surface area contributed by atoms with E-state index < -0.39 is 0 Å². The maximum Gasteiger partial charge on any atom is 0.246 e. The fourth-order valence-electron chi connectivity index (χ4n) is 4.08. The summed E-state index contributed by atoms with van der Waals surface area (Å²) in [6.07, 6.45) is 3.41. The molecule has 2 aromatic carbocycles. The number of halogens is 1. The van der Waals surface area contributed by atoms with Crippen molar-refractivity contribution in [2.45, 2.75) is 20.8 Å². The third-order valence-electron chi connectivity index (χ3n) is 6.04. The largest absolute Gasteiger partial charge is 0.368 e. The molecular weight excluding hydrogens is 419 g/mol. The molecule has 0 aliphatic carbocycles. The molecule has 0 saturated carbocycles. The van der Waals surface area contributed by atoms with Crippen molar-refractivity contribution < 1.29 is 14.0 Å². The molecule has 2 heterocycles. The highest BCUT2D eigenvalue weighted by atomic mass is 19.1. The summed E-state index contributed by atoms with van der Waals surface area (Å²) in [5, 5.41) is 4.55. The third kappa shape index (κ3) is 4.87. The molecule has 1 amide bonds. The summed E-state index contributed by atoms with van der Waals surface area (Å²) >= 11 is 0. The lowest BCUT2D eigenvalue weighted by atomic mass is 10.1. The van der Waals surface area contributed by atoms with Gasteiger partial charge in [-0.05, 0) is 75.4 Å². The average molecular weight is 447 g/mol. The van der Waals surface area contributed by atoms with E-state index in [1.165, 1.54) is 12.1 Å². The zero-order valence-electron chi connectivity index (χ0n) is 19.1. The molecule has 33 heavy (non-hydrogen) atoms. The lowest BCUT2D eigenvalue weighted by Crippen LogP contribution is -2.48. The van der Waals surface area contributed by atoms with Crippen LogP contribution >= 0.6 is 0 Å². The number of carbonyl (C=O) groups is 2. The summed E-state index contributed by atoms with van der Waals surface area (Å²) in [6, 6.07) is 13.8. The predicted molar refractivity (Wildman–Crippen MR) is 127 cm³/mol. The fourth-order valence-corrected chi connectivity index (χ4v) is 4.08. The Hall–Kier alpha value is -3.74. The van der Waals surface area contributed by atoms with E-state index in [1.807, 2.05) is 49.1 Å². The summed E-state index contributed by atoms with van der Waals surface area (Å²) in [7, 11) is 0. The van der Waals surface area contributed by atoms with Crippen molar-refractivity contribution in [2.75, 3.05) is 31.1 Å². The van der Waals surface area contributed by atoms with Gasteiger partial charge < -0.3 is 9.80 Å². The van der Waals surface area contributed by atoms with Gasteiger partial charge in [0.25, 0.3) is 0 Å². The molecule has 1 aliphatic rings. The van der Waals surface area contributed by atoms with Crippen molar-refractivity contribution in [2.24, 2.45) is 0 Å². The van der Waals surface area contributed by atoms with Gasteiger partial charge in [0.05, 0.1) is 11.4 Å². The molecule has 0 radical (unpaired) electrons. The maximum atomic E-state index is 13.2. The number of carbonyl (C=O) groups excluding carboxylic acids is 2. The Morgan fingerprint density at radius 3 is 2.12 bits per heavy atom. The van der Waals surface area contributed by atoms with Gasteiger partial charge in [-0.15, -0.1) is 0 Å². The Morgan fingerprint density at radius 1 is 0.909 bits per heavy atom. The maximum absolute atomic E-state index is 13.2. The normalized spacial score (nSPS) is 14.2. The molecule has 1 fully saturated rings. The van der Waals surface area contributed by atoms with Crippen LogP contribution in [0.4, 0.5) is 10.1 Å². The molecule has 170 valence electrons. The van der Waals surface area contributed by atoms with Crippen LogP contribution in [0.2, 0.25) is 0 Å². The van der Waals surface area contributed by atoms with Crippen LogP contribution in [0.25, 0.3) is 11.8 Å². The second-order valence-electron chi connectivity index (χ2n) is 8.22. The summed E-state index contributed by atoms with van der Waals surface area (Å²) in [4.78, 5) is 28.3. The minimum atomic E-state index is -0.292. The van der Waals surface area contributed by atoms with Crippen LogP contribution in [0.1, 0.15) is 34.2 Å². The van der Waals surface area contributed by atoms with Crippen LogP contribution in [-0.2, 0) is 4.79 Å². The van der Waals surface area contributed by atoms with Gasteiger partial charge in [0.1, 0.15) is 5.82 Å². The van der Waals surface area contributed by atoms with Crippen LogP contribution in [0, 0.1) is 19.7 Å². The van der Waals surface area contributed by atoms with Crippen molar-refractivity contribution in [3.05, 3.63) is 82.9 Å². The Balaban J connectivity index is 1.39. The summed E-state index contributed by atoms with van der Waals surface area (Å²) < 4.78 is 15.0. The van der Waals surface area contributed by atoms with E-state index in [9.17, 15) is 14.0 Å². The molecule has 0 unspecified atom stereocenters. The Morgan fingerprint density at radius 2 is 1.52 bits per heavy atom. The van der Waals surface area contributed by atoms with Gasteiger partial charge in [-0.1, -0.05) is 0 Å². The number of hydrogen-bond donors (Lipinski definition) is 0. The molecule has 7 heteroatoms. The van der Waals surface area contributed by atoms with Gasteiger partial charge in [-0.2, -0.15) is 5.10 Å². The Kier molecular flexibility index (Phi) is 6.40. The van der Waals surface area contributed by atoms with E-state index >= 15 is 0 Å². The van der Waals surface area contributed by atoms with Crippen molar-refractivity contribution >= 4 is 23.5 Å². The Labute approximate surface area is 192 Å². The SMILES string of the molecule is CC(=O)c1ccc(N2CCN(C(=O)/C=C/c3c(C)nn(-c4ccc(F)cc4)c3C)CC2)cc1.